The van der Waals surface area contributed by atoms with E-state index in [4.69, 9.17) is 9.47 Å². The third kappa shape index (κ3) is 6.84. The number of carbonyl (C=O) groups is 1. The molecule has 4 nitrogen and oxygen atoms in total. The predicted octanol–water partition coefficient (Wildman–Crippen LogP) is 7.53. The fourth-order valence-corrected chi connectivity index (χ4v) is 4.76. The largest absolute Gasteiger partial charge is 0.493 e. The van der Waals surface area contributed by atoms with Crippen LogP contribution in [0.5, 0.6) is 11.5 Å². The fourth-order valence-electron chi connectivity index (χ4n) is 4.76. The number of ether oxygens (including phenoxy) is 2. The van der Waals surface area contributed by atoms with Crippen molar-refractivity contribution >= 4 is 11.9 Å². The molecule has 1 aliphatic heterocycles. The first-order valence-corrected chi connectivity index (χ1v) is 12.8. The molecule has 4 rings (SSSR count). The fraction of sp³-hybridized carbons (Fsp3) is 0.323. The van der Waals surface area contributed by atoms with Gasteiger partial charge in [-0.25, -0.2) is 0 Å². The van der Waals surface area contributed by atoms with E-state index in [0.717, 1.165) is 50.5 Å². The van der Waals surface area contributed by atoms with Gasteiger partial charge in [-0.05, 0) is 61.6 Å². The summed E-state index contributed by atoms with van der Waals surface area (Å²) >= 11 is 0. The molecular weight excluding hydrogens is 491 g/mol. The van der Waals surface area contributed by atoms with Crippen molar-refractivity contribution < 1.29 is 27.4 Å². The first kappa shape index (κ1) is 27.5. The molecule has 1 heterocycles. The van der Waals surface area contributed by atoms with Crippen LogP contribution in [0.4, 0.5) is 13.2 Å². The van der Waals surface area contributed by atoms with Gasteiger partial charge in [0.05, 0.1) is 19.3 Å². The van der Waals surface area contributed by atoms with E-state index in [9.17, 15) is 18.0 Å². The molecule has 200 valence electrons. The maximum absolute atomic E-state index is 13.8. The van der Waals surface area contributed by atoms with Crippen molar-refractivity contribution in [3.63, 3.8) is 0 Å². The number of hydrogen-bond donors (Lipinski definition) is 0. The number of benzene rings is 3. The second kappa shape index (κ2) is 12.3. The quantitative estimate of drug-likeness (QED) is 0.215. The maximum atomic E-state index is 13.8. The van der Waals surface area contributed by atoms with E-state index in [-0.39, 0.29) is 11.3 Å². The zero-order valence-electron chi connectivity index (χ0n) is 21.7. The third-order valence-corrected chi connectivity index (χ3v) is 6.77. The summed E-state index contributed by atoms with van der Waals surface area (Å²) in [6.07, 6.45) is -0.0423. The summed E-state index contributed by atoms with van der Waals surface area (Å²) in [5.41, 5.74) is 2.53. The van der Waals surface area contributed by atoms with Crippen LogP contribution in [-0.4, -0.2) is 44.0 Å². The van der Waals surface area contributed by atoms with E-state index >= 15 is 0 Å². The van der Waals surface area contributed by atoms with Crippen molar-refractivity contribution in [2.24, 2.45) is 0 Å². The minimum Gasteiger partial charge on any atom is -0.493 e. The summed E-state index contributed by atoms with van der Waals surface area (Å²) in [5.74, 6) is 1.12. The van der Waals surface area contributed by atoms with E-state index in [1.165, 1.54) is 13.0 Å². The number of alkyl halides is 3. The predicted molar refractivity (Wildman–Crippen MR) is 144 cm³/mol. The normalized spacial score (nSPS) is 14.3. The highest BCUT2D eigenvalue weighted by Crippen LogP contribution is 2.40. The third-order valence-electron chi connectivity index (χ3n) is 6.77. The van der Waals surface area contributed by atoms with Crippen LogP contribution in [0.1, 0.15) is 47.7 Å². The Hall–Kier alpha value is -3.58. The van der Waals surface area contributed by atoms with E-state index in [1.807, 2.05) is 6.08 Å². The number of carbonyl (C=O) groups excluding carboxylic acids is 1. The zero-order valence-corrected chi connectivity index (χ0v) is 21.7. The molecule has 0 atom stereocenters. The topological polar surface area (TPSA) is 38.8 Å². The highest BCUT2D eigenvalue weighted by molar-refractivity contribution is 5.94. The Labute approximate surface area is 221 Å². The number of hydrogen-bond acceptors (Lipinski definition) is 4. The summed E-state index contributed by atoms with van der Waals surface area (Å²) in [4.78, 5) is 13.9. The molecule has 0 amide bonds. The number of likely N-dealkylation sites (tertiary alicyclic amines) is 1. The summed E-state index contributed by atoms with van der Waals surface area (Å²) in [6, 6.07) is 18.4. The van der Waals surface area contributed by atoms with Gasteiger partial charge in [0.15, 0.2) is 17.3 Å². The molecule has 0 saturated carbocycles. The molecule has 0 N–H and O–H groups in total. The maximum Gasteiger partial charge on any atom is 0.417 e. The van der Waals surface area contributed by atoms with Gasteiger partial charge in [-0.3, -0.25) is 4.79 Å². The van der Waals surface area contributed by atoms with Crippen LogP contribution in [0.2, 0.25) is 0 Å². The van der Waals surface area contributed by atoms with Crippen molar-refractivity contribution in [3.05, 3.63) is 89.0 Å². The summed E-state index contributed by atoms with van der Waals surface area (Å²) < 4.78 is 52.7. The van der Waals surface area contributed by atoms with Gasteiger partial charge in [0, 0.05) is 30.8 Å². The molecule has 1 aliphatic rings. The van der Waals surface area contributed by atoms with Crippen LogP contribution in [-0.2, 0) is 6.18 Å². The molecule has 0 radical (unpaired) electrons. The average molecular weight is 524 g/mol. The van der Waals surface area contributed by atoms with Gasteiger partial charge in [0.2, 0.25) is 0 Å². The Balaban J connectivity index is 1.35. The second-order valence-corrected chi connectivity index (χ2v) is 9.40. The number of halogens is 3. The molecular formula is C31H32F3NO3. The lowest BCUT2D eigenvalue weighted by atomic mass is 9.91. The molecule has 1 fully saturated rings. The lowest BCUT2D eigenvalue weighted by Crippen LogP contribution is -2.32. The first-order valence-electron chi connectivity index (χ1n) is 12.8. The summed E-state index contributed by atoms with van der Waals surface area (Å²) in [6.45, 7) is 4.58. The van der Waals surface area contributed by atoms with Crippen LogP contribution >= 0.6 is 0 Å². The van der Waals surface area contributed by atoms with Crippen LogP contribution in [0, 0.1) is 0 Å². The average Bonchev–Trinajstić information content (AvgIpc) is 2.91. The molecule has 1 saturated heterocycles. The van der Waals surface area contributed by atoms with E-state index in [1.54, 1.807) is 61.7 Å². The van der Waals surface area contributed by atoms with E-state index < -0.39 is 11.7 Å². The van der Waals surface area contributed by atoms with Crippen LogP contribution in [0.25, 0.3) is 17.2 Å². The number of ketones is 1. The zero-order chi connectivity index (χ0) is 27.1. The monoisotopic (exact) mass is 523 g/mol. The van der Waals surface area contributed by atoms with Gasteiger partial charge in [0.1, 0.15) is 0 Å². The summed E-state index contributed by atoms with van der Waals surface area (Å²) in [7, 11) is 1.55. The highest BCUT2D eigenvalue weighted by Gasteiger charge is 2.34. The molecule has 3 aromatic carbocycles. The van der Waals surface area contributed by atoms with Gasteiger partial charge in [0.25, 0.3) is 0 Å². The SMILES string of the molecule is COc1cc(C(C)=O)ccc1OCCCN1CCC(=Cc2cccc(C(F)(F)F)c2-c2ccccc2)CC1. The molecule has 38 heavy (non-hydrogen) atoms. The lowest BCUT2D eigenvalue weighted by Gasteiger charge is -2.28. The van der Waals surface area contributed by atoms with Crippen LogP contribution in [0.15, 0.2) is 72.3 Å². The van der Waals surface area contributed by atoms with E-state index in [0.29, 0.717) is 34.8 Å². The molecule has 7 heteroatoms. The van der Waals surface area contributed by atoms with E-state index in [2.05, 4.69) is 4.90 Å². The van der Waals surface area contributed by atoms with Gasteiger partial charge in [-0.15, -0.1) is 0 Å². The molecule has 0 spiro atoms. The molecule has 3 aromatic rings. The smallest absolute Gasteiger partial charge is 0.417 e. The Bertz CT molecular complexity index is 1280. The Kier molecular flexibility index (Phi) is 8.89. The van der Waals surface area contributed by atoms with Crippen LogP contribution in [0.3, 0.4) is 0 Å². The van der Waals surface area contributed by atoms with Crippen molar-refractivity contribution in [1.29, 1.82) is 0 Å². The van der Waals surface area contributed by atoms with Gasteiger partial charge in [-0.1, -0.05) is 54.1 Å². The number of piperidine rings is 1. The lowest BCUT2D eigenvalue weighted by molar-refractivity contribution is -0.137. The molecule has 0 unspecified atom stereocenters. The Morgan fingerprint density at radius 1 is 0.974 bits per heavy atom. The summed E-state index contributed by atoms with van der Waals surface area (Å²) in [5, 5.41) is 0. The Morgan fingerprint density at radius 2 is 1.71 bits per heavy atom. The van der Waals surface area contributed by atoms with Gasteiger partial charge >= 0.3 is 6.18 Å². The minimum absolute atomic E-state index is 0.0299. The van der Waals surface area contributed by atoms with Crippen molar-refractivity contribution in [3.8, 4) is 22.6 Å². The number of methoxy groups -OCH3 is 1. The van der Waals surface area contributed by atoms with Gasteiger partial charge < -0.3 is 14.4 Å². The first-order chi connectivity index (χ1) is 18.3. The number of Topliss-reactive ketones (excluding diaryl/α,β-unsaturated/α-hetero) is 1. The second-order valence-electron chi connectivity index (χ2n) is 9.40. The number of nitrogens with zero attached hydrogens (tertiary/aromatic N) is 1. The Morgan fingerprint density at radius 3 is 2.37 bits per heavy atom. The number of rotatable bonds is 9. The van der Waals surface area contributed by atoms with Gasteiger partial charge in [-0.2, -0.15) is 13.2 Å². The standard InChI is InChI=1S/C31H32F3NO3/c1-22(36)25-12-13-28(29(21-25)37-2)38-19-7-16-35-17-14-23(15-18-35)20-26-10-6-11-27(31(32,33)34)30(26)24-8-4-3-5-9-24/h3-6,8-13,20-21H,7,14-19H2,1-2H3. The molecule has 0 aromatic heterocycles. The molecule has 0 bridgehead atoms. The van der Waals surface area contributed by atoms with Crippen LogP contribution < -0.4 is 9.47 Å². The van der Waals surface area contributed by atoms with Crippen molar-refractivity contribution in [2.75, 3.05) is 33.4 Å². The molecule has 0 aliphatic carbocycles. The van der Waals surface area contributed by atoms with Crippen molar-refractivity contribution in [2.45, 2.75) is 32.4 Å². The van der Waals surface area contributed by atoms with Crippen molar-refractivity contribution in [1.82, 2.24) is 4.90 Å². The highest BCUT2D eigenvalue weighted by atomic mass is 19.4. The minimum atomic E-state index is -4.43.